The van der Waals surface area contributed by atoms with E-state index in [-0.39, 0.29) is 0 Å². The molecule has 1 nitrogen and oxygen atoms in total. The fourth-order valence-corrected chi connectivity index (χ4v) is 3.99. The predicted molar refractivity (Wildman–Crippen MR) is 116 cm³/mol. The molecule has 1 aliphatic rings. The predicted octanol–water partition coefficient (Wildman–Crippen LogP) is 7.48. The lowest BCUT2D eigenvalue weighted by molar-refractivity contribution is 0.304. The smallest absolute Gasteiger partial charge is 0.119 e. The van der Waals surface area contributed by atoms with Gasteiger partial charge in [-0.1, -0.05) is 87.6 Å². The number of ether oxygens (including phenoxy) is 1. The molecule has 0 aromatic heterocycles. The largest absolute Gasteiger partial charge is 0.494 e. The van der Waals surface area contributed by atoms with Crippen LogP contribution in [-0.2, 0) is 0 Å². The zero-order valence-corrected chi connectivity index (χ0v) is 16.2. The van der Waals surface area contributed by atoms with E-state index in [0.29, 0.717) is 0 Å². The molecule has 3 aromatic carbocycles. The van der Waals surface area contributed by atoms with Crippen LogP contribution in [0.25, 0.3) is 22.4 Å². The van der Waals surface area contributed by atoms with Crippen LogP contribution in [0.5, 0.6) is 5.75 Å². The Kier molecular flexibility index (Phi) is 5.58. The maximum Gasteiger partial charge on any atom is 0.119 e. The van der Waals surface area contributed by atoms with Gasteiger partial charge in [-0.25, -0.2) is 0 Å². The second-order valence-corrected chi connectivity index (χ2v) is 7.45. The minimum Gasteiger partial charge on any atom is -0.494 e. The fraction of sp³-hybridized carbons (Fsp3) is 0.308. The standard InChI is InChI=1S/C26H28O/c1-2-3-4-5-6-7-18-27-23-16-14-20(15-17-23)25-19-22-12-8-10-21-11-9-13-24(25)26(21)22/h8-17,19H,2-7,18H2,1H3. The maximum absolute atomic E-state index is 5.93. The van der Waals surface area contributed by atoms with E-state index in [9.17, 15) is 0 Å². The van der Waals surface area contributed by atoms with Crippen molar-refractivity contribution in [2.75, 3.05) is 6.61 Å². The quantitative estimate of drug-likeness (QED) is 0.282. The van der Waals surface area contributed by atoms with E-state index in [1.54, 1.807) is 0 Å². The third-order valence-electron chi connectivity index (χ3n) is 5.46. The Morgan fingerprint density at radius 1 is 0.741 bits per heavy atom. The molecule has 0 atom stereocenters. The van der Waals surface area contributed by atoms with Gasteiger partial charge in [0.05, 0.1) is 6.61 Å². The molecular formula is C26H28O. The summed E-state index contributed by atoms with van der Waals surface area (Å²) in [5.74, 6) is 0.974. The normalized spacial score (nSPS) is 12.4. The summed E-state index contributed by atoms with van der Waals surface area (Å²) >= 11 is 0. The molecule has 27 heavy (non-hydrogen) atoms. The summed E-state index contributed by atoms with van der Waals surface area (Å²) < 4.78 is 5.93. The van der Waals surface area contributed by atoms with Gasteiger partial charge in [0.1, 0.15) is 5.75 Å². The molecule has 4 rings (SSSR count). The lowest BCUT2D eigenvalue weighted by Gasteiger charge is -2.09. The summed E-state index contributed by atoms with van der Waals surface area (Å²) in [4.78, 5) is 0. The number of hydrogen-bond acceptors (Lipinski definition) is 1. The van der Waals surface area contributed by atoms with Crippen LogP contribution in [0, 0.1) is 0 Å². The molecule has 0 unspecified atom stereocenters. The van der Waals surface area contributed by atoms with Gasteiger partial charge in [-0.3, -0.25) is 0 Å². The van der Waals surface area contributed by atoms with Gasteiger partial charge in [-0.15, -0.1) is 0 Å². The first kappa shape index (κ1) is 17.9. The van der Waals surface area contributed by atoms with Crippen LogP contribution in [0.1, 0.15) is 62.1 Å². The minimum absolute atomic E-state index is 0.818. The summed E-state index contributed by atoms with van der Waals surface area (Å²) in [6.07, 6.45) is 10.1. The highest BCUT2D eigenvalue weighted by atomic mass is 16.5. The summed E-state index contributed by atoms with van der Waals surface area (Å²) in [5.41, 5.74) is 5.22. The van der Waals surface area contributed by atoms with E-state index >= 15 is 0 Å². The zero-order chi connectivity index (χ0) is 18.5. The number of unbranched alkanes of at least 4 members (excludes halogenated alkanes) is 5. The zero-order valence-electron chi connectivity index (χ0n) is 16.2. The average Bonchev–Trinajstić information content (AvgIpc) is 3.09. The van der Waals surface area contributed by atoms with Crippen LogP contribution in [0.15, 0.2) is 60.7 Å². The van der Waals surface area contributed by atoms with Crippen molar-refractivity contribution < 1.29 is 4.74 Å². The minimum atomic E-state index is 0.818. The van der Waals surface area contributed by atoms with Gasteiger partial charge in [0.2, 0.25) is 0 Å². The van der Waals surface area contributed by atoms with Gasteiger partial charge in [-0.05, 0) is 57.7 Å². The van der Waals surface area contributed by atoms with Crippen LogP contribution in [0.3, 0.4) is 0 Å². The van der Waals surface area contributed by atoms with Gasteiger partial charge in [0, 0.05) is 0 Å². The van der Waals surface area contributed by atoms with E-state index in [2.05, 4.69) is 73.7 Å². The molecule has 0 saturated carbocycles. The Morgan fingerprint density at radius 3 is 2.30 bits per heavy atom. The van der Waals surface area contributed by atoms with Crippen LogP contribution in [0.2, 0.25) is 0 Å². The van der Waals surface area contributed by atoms with Crippen molar-refractivity contribution in [3.05, 3.63) is 77.4 Å². The van der Waals surface area contributed by atoms with Gasteiger partial charge in [-0.2, -0.15) is 0 Å². The summed E-state index contributed by atoms with van der Waals surface area (Å²) in [5, 5.41) is 2.69. The SMILES string of the molecule is CCCCCCCCOc1ccc(C2=Cc3cccc4cccc2c34)cc1. The van der Waals surface area contributed by atoms with Crippen LogP contribution < -0.4 is 4.74 Å². The summed E-state index contributed by atoms with van der Waals surface area (Å²) in [6, 6.07) is 21.7. The highest BCUT2D eigenvalue weighted by molar-refractivity contribution is 6.12. The Labute approximate surface area is 162 Å². The van der Waals surface area contributed by atoms with Crippen molar-refractivity contribution in [3.63, 3.8) is 0 Å². The lowest BCUT2D eigenvalue weighted by atomic mass is 9.98. The number of rotatable bonds is 9. The van der Waals surface area contributed by atoms with Crippen molar-refractivity contribution in [3.8, 4) is 5.75 Å². The Hall–Kier alpha value is -2.54. The number of benzene rings is 3. The van der Waals surface area contributed by atoms with E-state index in [1.165, 1.54) is 65.1 Å². The van der Waals surface area contributed by atoms with E-state index in [4.69, 9.17) is 4.74 Å². The molecule has 0 N–H and O–H groups in total. The second kappa shape index (κ2) is 8.43. The molecule has 0 spiro atoms. The Balaban J connectivity index is 1.39. The van der Waals surface area contributed by atoms with Crippen molar-refractivity contribution >= 4 is 22.4 Å². The van der Waals surface area contributed by atoms with E-state index < -0.39 is 0 Å². The van der Waals surface area contributed by atoms with Crippen molar-refractivity contribution in [2.45, 2.75) is 45.4 Å². The average molecular weight is 357 g/mol. The molecule has 0 saturated heterocycles. The molecule has 0 amide bonds. The van der Waals surface area contributed by atoms with Gasteiger partial charge in [0.25, 0.3) is 0 Å². The molecular weight excluding hydrogens is 328 g/mol. The van der Waals surface area contributed by atoms with E-state index in [0.717, 1.165) is 18.8 Å². The molecule has 0 fully saturated rings. The molecule has 0 heterocycles. The first-order valence-electron chi connectivity index (χ1n) is 10.3. The molecule has 1 heteroatoms. The topological polar surface area (TPSA) is 9.23 Å². The van der Waals surface area contributed by atoms with Crippen LogP contribution in [-0.4, -0.2) is 6.61 Å². The highest BCUT2D eigenvalue weighted by Crippen LogP contribution is 2.40. The van der Waals surface area contributed by atoms with Crippen LogP contribution >= 0.6 is 0 Å². The number of hydrogen-bond donors (Lipinski definition) is 0. The summed E-state index contributed by atoms with van der Waals surface area (Å²) in [7, 11) is 0. The summed E-state index contributed by atoms with van der Waals surface area (Å²) in [6.45, 7) is 3.08. The van der Waals surface area contributed by atoms with Gasteiger partial charge < -0.3 is 4.74 Å². The molecule has 1 aliphatic carbocycles. The van der Waals surface area contributed by atoms with E-state index in [1.807, 2.05) is 0 Å². The first-order valence-corrected chi connectivity index (χ1v) is 10.3. The molecule has 138 valence electrons. The van der Waals surface area contributed by atoms with Crippen molar-refractivity contribution in [1.82, 2.24) is 0 Å². The van der Waals surface area contributed by atoms with Gasteiger partial charge in [0.15, 0.2) is 0 Å². The van der Waals surface area contributed by atoms with Crippen LogP contribution in [0.4, 0.5) is 0 Å². The lowest BCUT2D eigenvalue weighted by Crippen LogP contribution is -1.97. The highest BCUT2D eigenvalue weighted by Gasteiger charge is 2.17. The molecule has 0 aliphatic heterocycles. The monoisotopic (exact) mass is 356 g/mol. The first-order chi connectivity index (χ1) is 13.4. The molecule has 0 radical (unpaired) electrons. The van der Waals surface area contributed by atoms with Gasteiger partial charge >= 0.3 is 0 Å². The molecule has 3 aromatic rings. The van der Waals surface area contributed by atoms with Crippen molar-refractivity contribution in [2.24, 2.45) is 0 Å². The van der Waals surface area contributed by atoms with Crippen molar-refractivity contribution in [1.29, 1.82) is 0 Å². The Morgan fingerprint density at radius 2 is 1.48 bits per heavy atom. The Bertz CT molecular complexity index is 929. The molecule has 0 bridgehead atoms. The maximum atomic E-state index is 5.93. The second-order valence-electron chi connectivity index (χ2n) is 7.45. The third kappa shape index (κ3) is 3.93. The third-order valence-corrected chi connectivity index (χ3v) is 5.46. The fourth-order valence-electron chi connectivity index (χ4n) is 3.99.